The van der Waals surface area contributed by atoms with Crippen molar-refractivity contribution in [1.29, 1.82) is 0 Å². The van der Waals surface area contributed by atoms with Gasteiger partial charge in [-0.2, -0.15) is 0 Å². The van der Waals surface area contributed by atoms with E-state index >= 15 is 0 Å². The Balaban J connectivity index is 1.75. The summed E-state index contributed by atoms with van der Waals surface area (Å²) in [4.78, 5) is 15.4. The van der Waals surface area contributed by atoms with E-state index in [2.05, 4.69) is 20.3 Å². The largest absolute Gasteiger partial charge is 0.364 e. The second-order valence-electron chi connectivity index (χ2n) is 3.98. The van der Waals surface area contributed by atoms with E-state index in [9.17, 15) is 0 Å². The predicted octanol–water partition coefficient (Wildman–Crippen LogP) is 3.58. The molecule has 3 heterocycles. The number of thiophene rings is 1. The first-order valence-corrected chi connectivity index (χ1v) is 7.57. The first-order valence-electron chi connectivity index (χ1n) is 5.81. The monoisotopic (exact) mass is 288 g/mol. The molecule has 19 heavy (non-hydrogen) atoms. The number of thiazole rings is 1. The zero-order valence-corrected chi connectivity index (χ0v) is 12.0. The van der Waals surface area contributed by atoms with Gasteiger partial charge in [-0.3, -0.25) is 4.98 Å². The van der Waals surface area contributed by atoms with Crippen molar-refractivity contribution in [2.75, 3.05) is 5.32 Å². The maximum atomic E-state index is 4.57. The lowest BCUT2D eigenvalue weighted by Gasteiger charge is -2.05. The number of anilines is 1. The second kappa shape index (κ2) is 5.46. The van der Waals surface area contributed by atoms with Gasteiger partial charge in [0.05, 0.1) is 35.0 Å². The predicted molar refractivity (Wildman–Crippen MR) is 79.5 cm³/mol. The Morgan fingerprint density at radius 2 is 2.21 bits per heavy atom. The van der Waals surface area contributed by atoms with Crippen LogP contribution in [-0.4, -0.2) is 15.0 Å². The Labute approximate surface area is 119 Å². The summed E-state index contributed by atoms with van der Waals surface area (Å²) in [6.45, 7) is 2.75. The average molecular weight is 288 g/mol. The Morgan fingerprint density at radius 1 is 1.26 bits per heavy atom. The molecule has 0 unspecified atom stereocenters. The molecular weight excluding hydrogens is 276 g/mol. The molecule has 0 amide bonds. The number of hydrogen-bond donors (Lipinski definition) is 1. The fraction of sp³-hybridized carbons (Fsp3) is 0.154. The molecule has 4 nitrogen and oxygen atoms in total. The summed E-state index contributed by atoms with van der Waals surface area (Å²) in [5, 5.41) is 5.33. The van der Waals surface area contributed by atoms with Crippen molar-refractivity contribution in [2.24, 2.45) is 0 Å². The van der Waals surface area contributed by atoms with Crippen molar-refractivity contribution in [3.05, 3.63) is 46.0 Å². The minimum absolute atomic E-state index is 0.735. The molecule has 0 spiro atoms. The summed E-state index contributed by atoms with van der Waals surface area (Å²) in [5.74, 6) is 0.790. The van der Waals surface area contributed by atoms with Crippen LogP contribution in [0.1, 0.15) is 10.6 Å². The van der Waals surface area contributed by atoms with Crippen molar-refractivity contribution in [3.8, 4) is 10.6 Å². The minimum atomic E-state index is 0.735. The topological polar surface area (TPSA) is 50.7 Å². The number of nitrogens with one attached hydrogen (secondary N) is 1. The molecule has 0 saturated carbocycles. The van der Waals surface area contributed by atoms with Crippen molar-refractivity contribution < 1.29 is 0 Å². The third-order valence-corrected chi connectivity index (χ3v) is 4.51. The summed E-state index contributed by atoms with van der Waals surface area (Å²) < 4.78 is 0. The Bertz CT molecular complexity index is 661. The van der Waals surface area contributed by atoms with E-state index in [-0.39, 0.29) is 0 Å². The van der Waals surface area contributed by atoms with Gasteiger partial charge >= 0.3 is 0 Å². The van der Waals surface area contributed by atoms with Gasteiger partial charge in [0.25, 0.3) is 0 Å². The highest BCUT2D eigenvalue weighted by Crippen LogP contribution is 2.23. The summed E-state index contributed by atoms with van der Waals surface area (Å²) >= 11 is 3.32. The van der Waals surface area contributed by atoms with Crippen LogP contribution < -0.4 is 5.32 Å². The molecule has 0 aliphatic carbocycles. The molecule has 0 aliphatic heterocycles. The Kier molecular flexibility index (Phi) is 3.52. The normalized spacial score (nSPS) is 10.6. The molecule has 0 fully saturated rings. The maximum absolute atomic E-state index is 4.57. The number of aryl methyl sites for hydroxylation is 1. The lowest BCUT2D eigenvalue weighted by atomic mass is 10.3. The fourth-order valence-corrected chi connectivity index (χ4v) is 3.06. The molecule has 0 saturated heterocycles. The molecule has 0 bridgehead atoms. The SMILES string of the molecule is Cc1ncsc1CNc1cncc(-c2cccs2)n1. The van der Waals surface area contributed by atoms with Crippen molar-refractivity contribution in [3.63, 3.8) is 0 Å². The van der Waals surface area contributed by atoms with Crippen LogP contribution in [0.3, 0.4) is 0 Å². The van der Waals surface area contributed by atoms with E-state index in [1.807, 2.05) is 29.9 Å². The number of hydrogen-bond acceptors (Lipinski definition) is 6. The van der Waals surface area contributed by atoms with E-state index in [4.69, 9.17) is 0 Å². The quantitative estimate of drug-likeness (QED) is 0.797. The minimum Gasteiger partial charge on any atom is -0.364 e. The zero-order chi connectivity index (χ0) is 13.1. The molecule has 1 N–H and O–H groups in total. The van der Waals surface area contributed by atoms with Gasteiger partial charge in [-0.15, -0.1) is 22.7 Å². The smallest absolute Gasteiger partial charge is 0.145 e. The van der Waals surface area contributed by atoms with Gasteiger partial charge in [-0.05, 0) is 18.4 Å². The third kappa shape index (κ3) is 2.80. The van der Waals surface area contributed by atoms with Gasteiger partial charge in [0.15, 0.2) is 0 Å². The third-order valence-electron chi connectivity index (χ3n) is 2.68. The van der Waals surface area contributed by atoms with E-state index in [0.717, 1.165) is 28.6 Å². The van der Waals surface area contributed by atoms with E-state index in [0.29, 0.717) is 0 Å². The molecule has 0 aliphatic rings. The highest BCUT2D eigenvalue weighted by Gasteiger charge is 2.04. The first kappa shape index (κ1) is 12.3. The fourth-order valence-electron chi connectivity index (χ4n) is 1.66. The first-order chi connectivity index (χ1) is 9.33. The van der Waals surface area contributed by atoms with Crippen LogP contribution in [0.25, 0.3) is 10.6 Å². The molecule has 0 atom stereocenters. The van der Waals surface area contributed by atoms with Gasteiger partial charge in [0.1, 0.15) is 11.5 Å². The van der Waals surface area contributed by atoms with Crippen LogP contribution in [-0.2, 0) is 6.54 Å². The van der Waals surface area contributed by atoms with Crippen molar-refractivity contribution in [2.45, 2.75) is 13.5 Å². The van der Waals surface area contributed by atoms with Crippen LogP contribution in [0.2, 0.25) is 0 Å². The van der Waals surface area contributed by atoms with Gasteiger partial charge in [0.2, 0.25) is 0 Å². The molecule has 0 radical (unpaired) electrons. The van der Waals surface area contributed by atoms with E-state index in [1.54, 1.807) is 35.1 Å². The van der Waals surface area contributed by atoms with Crippen LogP contribution in [0.4, 0.5) is 5.82 Å². The molecule has 3 aromatic heterocycles. The number of aromatic nitrogens is 3. The standard InChI is InChI=1S/C13H12N4S2/c1-9-12(19-8-16-9)6-15-13-7-14-5-10(17-13)11-3-2-4-18-11/h2-5,7-8H,6H2,1H3,(H,15,17). The Hall–Kier alpha value is -1.79. The summed E-state index contributed by atoms with van der Waals surface area (Å²) in [6, 6.07) is 4.06. The average Bonchev–Trinajstić information content (AvgIpc) is 3.08. The number of rotatable bonds is 4. The van der Waals surface area contributed by atoms with Gasteiger partial charge in [-0.1, -0.05) is 6.07 Å². The second-order valence-corrected chi connectivity index (χ2v) is 5.87. The van der Waals surface area contributed by atoms with Crippen molar-refractivity contribution in [1.82, 2.24) is 15.0 Å². The van der Waals surface area contributed by atoms with Gasteiger partial charge in [0, 0.05) is 4.88 Å². The Morgan fingerprint density at radius 3 is 2.95 bits per heavy atom. The summed E-state index contributed by atoms with van der Waals surface area (Å²) in [5.41, 5.74) is 3.83. The van der Waals surface area contributed by atoms with E-state index in [1.165, 1.54) is 4.88 Å². The lowest BCUT2D eigenvalue weighted by molar-refractivity contribution is 1.08. The van der Waals surface area contributed by atoms with Crippen LogP contribution >= 0.6 is 22.7 Å². The van der Waals surface area contributed by atoms with Crippen molar-refractivity contribution >= 4 is 28.5 Å². The molecule has 0 aromatic carbocycles. The van der Waals surface area contributed by atoms with Crippen LogP contribution in [0.5, 0.6) is 0 Å². The molecule has 96 valence electrons. The molecular formula is C13H12N4S2. The van der Waals surface area contributed by atoms with Crippen LogP contribution in [0, 0.1) is 6.92 Å². The maximum Gasteiger partial charge on any atom is 0.145 e. The number of nitrogens with zero attached hydrogens (tertiary/aromatic N) is 3. The highest BCUT2D eigenvalue weighted by atomic mass is 32.1. The van der Waals surface area contributed by atoms with E-state index < -0.39 is 0 Å². The molecule has 3 rings (SSSR count). The van der Waals surface area contributed by atoms with Crippen LogP contribution in [0.15, 0.2) is 35.4 Å². The molecule has 3 aromatic rings. The summed E-state index contributed by atoms with van der Waals surface area (Å²) in [7, 11) is 0. The summed E-state index contributed by atoms with van der Waals surface area (Å²) in [6.07, 6.45) is 3.53. The zero-order valence-electron chi connectivity index (χ0n) is 10.3. The lowest BCUT2D eigenvalue weighted by Crippen LogP contribution is -2.02. The molecule has 6 heteroatoms. The highest BCUT2D eigenvalue weighted by molar-refractivity contribution is 7.13. The van der Waals surface area contributed by atoms with Gasteiger partial charge in [-0.25, -0.2) is 9.97 Å². The van der Waals surface area contributed by atoms with Gasteiger partial charge < -0.3 is 5.32 Å².